The fraction of sp³-hybridized carbons (Fsp3) is 0.235. The van der Waals surface area contributed by atoms with Crippen molar-refractivity contribution in [2.24, 2.45) is 0 Å². The van der Waals surface area contributed by atoms with E-state index in [1.807, 2.05) is 6.92 Å². The molecule has 0 aliphatic rings. The summed E-state index contributed by atoms with van der Waals surface area (Å²) in [6, 6.07) is 8.63. The smallest absolute Gasteiger partial charge is 0.314 e. The Morgan fingerprint density at radius 3 is 2.17 bits per heavy atom. The minimum atomic E-state index is -4.15. The Kier molecular flexibility index (Phi) is 4.75. The van der Waals surface area contributed by atoms with Crippen molar-refractivity contribution in [3.05, 3.63) is 65.2 Å². The van der Waals surface area contributed by atoms with E-state index in [4.69, 9.17) is 0 Å². The number of carboxylic acid groups (broad SMARTS) is 1. The molecule has 0 aromatic heterocycles. The van der Waals surface area contributed by atoms with E-state index in [-0.39, 0.29) is 0 Å². The molecule has 2 rings (SSSR count). The average molecular weight is 354 g/mol. The predicted molar refractivity (Wildman–Crippen MR) is 84.6 cm³/mol. The third-order valence-electron chi connectivity index (χ3n) is 3.89. The van der Waals surface area contributed by atoms with Crippen molar-refractivity contribution in [3.8, 4) is 0 Å². The van der Waals surface area contributed by atoms with Crippen molar-refractivity contribution in [3.63, 3.8) is 0 Å². The molecule has 0 heterocycles. The topological polar surface area (TPSA) is 71.4 Å². The molecule has 0 bridgehead atoms. The number of sulfone groups is 1. The standard InChI is InChI=1S/C17H16F2O4S/c1-11-3-5-12(6-4-11)17(2,16(20)21)10-24(22,23)13-7-8-14(18)15(19)9-13/h3-9H,10H2,1-2H3,(H,20,21). The molecular formula is C17H16F2O4S. The number of halogens is 2. The van der Waals surface area contributed by atoms with Crippen molar-refractivity contribution in [1.29, 1.82) is 0 Å². The highest BCUT2D eigenvalue weighted by atomic mass is 32.2. The summed E-state index contributed by atoms with van der Waals surface area (Å²) in [6.45, 7) is 3.11. The summed E-state index contributed by atoms with van der Waals surface area (Å²) in [7, 11) is -4.15. The third kappa shape index (κ3) is 3.46. The second kappa shape index (κ2) is 6.32. The molecule has 4 nitrogen and oxygen atoms in total. The van der Waals surface area contributed by atoms with Crippen LogP contribution in [0.4, 0.5) is 8.78 Å². The molecule has 0 aliphatic carbocycles. The highest BCUT2D eigenvalue weighted by molar-refractivity contribution is 7.91. The van der Waals surface area contributed by atoms with Crippen LogP contribution in [-0.2, 0) is 20.0 Å². The Morgan fingerprint density at radius 1 is 1.08 bits per heavy atom. The summed E-state index contributed by atoms with van der Waals surface area (Å²) < 4.78 is 51.3. The fourth-order valence-corrected chi connectivity index (χ4v) is 4.10. The summed E-state index contributed by atoms with van der Waals surface area (Å²) in [4.78, 5) is 11.3. The number of hydrogen-bond donors (Lipinski definition) is 1. The fourth-order valence-electron chi connectivity index (χ4n) is 2.32. The van der Waals surface area contributed by atoms with Crippen molar-refractivity contribution >= 4 is 15.8 Å². The van der Waals surface area contributed by atoms with Crippen LogP contribution in [-0.4, -0.2) is 25.2 Å². The number of aryl methyl sites for hydroxylation is 1. The molecule has 0 saturated carbocycles. The molecule has 0 aliphatic heterocycles. The van der Waals surface area contributed by atoms with E-state index >= 15 is 0 Å². The summed E-state index contributed by atoms with van der Waals surface area (Å²) in [6.07, 6.45) is 0. The maximum Gasteiger partial charge on any atom is 0.314 e. The Balaban J connectivity index is 2.48. The first-order valence-electron chi connectivity index (χ1n) is 7.04. The zero-order valence-corrected chi connectivity index (χ0v) is 13.9. The van der Waals surface area contributed by atoms with Crippen LogP contribution in [0.5, 0.6) is 0 Å². The molecule has 1 N–H and O–H groups in total. The van der Waals surface area contributed by atoms with Crippen LogP contribution in [0.25, 0.3) is 0 Å². The van der Waals surface area contributed by atoms with Gasteiger partial charge in [0.1, 0.15) is 5.41 Å². The summed E-state index contributed by atoms with van der Waals surface area (Å²) in [5.41, 5.74) is -0.515. The largest absolute Gasteiger partial charge is 0.481 e. The van der Waals surface area contributed by atoms with Gasteiger partial charge in [0.15, 0.2) is 21.5 Å². The number of benzene rings is 2. The summed E-state index contributed by atoms with van der Waals surface area (Å²) in [5, 5.41) is 9.57. The molecule has 128 valence electrons. The van der Waals surface area contributed by atoms with Gasteiger partial charge >= 0.3 is 5.97 Å². The Hall–Kier alpha value is -2.28. The molecule has 2 aromatic carbocycles. The SMILES string of the molecule is Cc1ccc(C(C)(CS(=O)(=O)c2ccc(F)c(F)c2)C(=O)O)cc1. The van der Waals surface area contributed by atoms with Gasteiger partial charge in [-0.2, -0.15) is 0 Å². The van der Waals surface area contributed by atoms with Gasteiger partial charge in [0.05, 0.1) is 10.6 Å². The number of carboxylic acids is 1. The van der Waals surface area contributed by atoms with Gasteiger partial charge in [0, 0.05) is 0 Å². The number of rotatable bonds is 5. The minimum Gasteiger partial charge on any atom is -0.481 e. The molecule has 0 amide bonds. The second-order valence-electron chi connectivity index (χ2n) is 5.84. The zero-order chi connectivity index (χ0) is 18.1. The monoisotopic (exact) mass is 354 g/mol. The van der Waals surface area contributed by atoms with E-state index in [0.717, 1.165) is 11.6 Å². The maximum absolute atomic E-state index is 13.3. The first kappa shape index (κ1) is 18.1. The van der Waals surface area contributed by atoms with E-state index in [0.29, 0.717) is 17.7 Å². The van der Waals surface area contributed by atoms with E-state index in [1.165, 1.54) is 6.92 Å². The van der Waals surface area contributed by atoms with Crippen LogP contribution in [0, 0.1) is 18.6 Å². The molecule has 7 heteroatoms. The molecule has 0 saturated heterocycles. The second-order valence-corrected chi connectivity index (χ2v) is 7.83. The first-order valence-corrected chi connectivity index (χ1v) is 8.70. The molecule has 2 aromatic rings. The van der Waals surface area contributed by atoms with Gasteiger partial charge < -0.3 is 5.11 Å². The summed E-state index contributed by atoms with van der Waals surface area (Å²) >= 11 is 0. The maximum atomic E-state index is 13.3. The van der Waals surface area contributed by atoms with E-state index < -0.39 is 43.5 Å². The highest BCUT2D eigenvalue weighted by Crippen LogP contribution is 2.29. The Labute approximate surface area is 138 Å². The molecule has 1 atom stereocenters. The quantitative estimate of drug-likeness (QED) is 0.838. The predicted octanol–water partition coefficient (Wildman–Crippen LogP) is 3.09. The van der Waals surface area contributed by atoms with Gasteiger partial charge in [-0.15, -0.1) is 0 Å². The van der Waals surface area contributed by atoms with Gasteiger partial charge in [-0.3, -0.25) is 4.79 Å². The molecular weight excluding hydrogens is 338 g/mol. The Bertz CT molecular complexity index is 876. The van der Waals surface area contributed by atoms with Crippen molar-refractivity contribution in [1.82, 2.24) is 0 Å². The summed E-state index contributed by atoms with van der Waals surface area (Å²) in [5.74, 6) is -4.57. The number of carbonyl (C=O) groups is 1. The van der Waals surface area contributed by atoms with Gasteiger partial charge in [0.2, 0.25) is 0 Å². The minimum absolute atomic E-state index is 0.312. The van der Waals surface area contributed by atoms with Crippen LogP contribution in [0.15, 0.2) is 47.4 Å². The van der Waals surface area contributed by atoms with Crippen molar-refractivity contribution in [2.45, 2.75) is 24.2 Å². The molecule has 24 heavy (non-hydrogen) atoms. The zero-order valence-electron chi connectivity index (χ0n) is 13.1. The van der Waals surface area contributed by atoms with E-state index in [9.17, 15) is 27.1 Å². The van der Waals surface area contributed by atoms with Crippen LogP contribution >= 0.6 is 0 Å². The lowest BCUT2D eigenvalue weighted by atomic mass is 9.84. The van der Waals surface area contributed by atoms with Crippen LogP contribution < -0.4 is 0 Å². The van der Waals surface area contributed by atoms with Gasteiger partial charge in [-0.05, 0) is 37.6 Å². The van der Waals surface area contributed by atoms with Gasteiger partial charge in [-0.25, -0.2) is 17.2 Å². The van der Waals surface area contributed by atoms with E-state index in [2.05, 4.69) is 0 Å². The molecule has 0 fully saturated rings. The molecule has 0 spiro atoms. The molecule has 0 radical (unpaired) electrons. The van der Waals surface area contributed by atoms with Gasteiger partial charge in [-0.1, -0.05) is 29.8 Å². The van der Waals surface area contributed by atoms with Crippen LogP contribution in [0.3, 0.4) is 0 Å². The van der Waals surface area contributed by atoms with Gasteiger partial charge in [0.25, 0.3) is 0 Å². The van der Waals surface area contributed by atoms with Crippen molar-refractivity contribution in [2.75, 3.05) is 5.75 Å². The normalized spacial score (nSPS) is 14.2. The molecule has 1 unspecified atom stereocenters. The highest BCUT2D eigenvalue weighted by Gasteiger charge is 2.40. The van der Waals surface area contributed by atoms with Crippen LogP contribution in [0.2, 0.25) is 0 Å². The number of aliphatic carboxylic acids is 1. The first-order chi connectivity index (χ1) is 11.1. The number of hydrogen-bond acceptors (Lipinski definition) is 3. The lowest BCUT2D eigenvalue weighted by molar-refractivity contribution is -0.142. The lowest BCUT2D eigenvalue weighted by Gasteiger charge is -2.25. The van der Waals surface area contributed by atoms with Crippen molar-refractivity contribution < 1.29 is 27.1 Å². The average Bonchev–Trinajstić information content (AvgIpc) is 2.49. The third-order valence-corrected chi connectivity index (χ3v) is 5.82. The lowest BCUT2D eigenvalue weighted by Crippen LogP contribution is -2.39. The Morgan fingerprint density at radius 2 is 1.67 bits per heavy atom. The van der Waals surface area contributed by atoms with E-state index in [1.54, 1.807) is 24.3 Å². The van der Waals surface area contributed by atoms with Crippen LogP contribution in [0.1, 0.15) is 18.1 Å².